The van der Waals surface area contributed by atoms with Crippen LogP contribution in [-0.4, -0.2) is 16.8 Å². The molecule has 0 aliphatic carbocycles. The molecule has 5 heteroatoms. The van der Waals surface area contributed by atoms with Gasteiger partial charge in [0.15, 0.2) is 0 Å². The molecule has 25 heavy (non-hydrogen) atoms. The van der Waals surface area contributed by atoms with Gasteiger partial charge in [0, 0.05) is 12.4 Å². The number of pyridine rings is 1. The van der Waals surface area contributed by atoms with Gasteiger partial charge in [0.2, 0.25) is 0 Å². The molecule has 3 aromatic rings. The molecule has 1 aliphatic heterocycles. The van der Waals surface area contributed by atoms with Crippen LogP contribution in [0.5, 0.6) is 5.75 Å². The Hall–Kier alpha value is -3.47. The normalized spacial score (nSPS) is 13.0. The van der Waals surface area contributed by atoms with Gasteiger partial charge in [0.05, 0.1) is 16.8 Å². The summed E-state index contributed by atoms with van der Waals surface area (Å²) in [4.78, 5) is 30.1. The number of fused-ring (bicyclic) bond motifs is 1. The molecule has 1 aliphatic rings. The van der Waals surface area contributed by atoms with Gasteiger partial charge in [-0.2, -0.15) is 0 Å². The first-order chi connectivity index (χ1) is 12.2. The van der Waals surface area contributed by atoms with Crippen molar-refractivity contribution >= 4 is 17.5 Å². The van der Waals surface area contributed by atoms with Gasteiger partial charge in [0.1, 0.15) is 12.4 Å². The highest BCUT2D eigenvalue weighted by molar-refractivity contribution is 6.34. The lowest BCUT2D eigenvalue weighted by atomic mass is 10.1. The third-order valence-electron chi connectivity index (χ3n) is 4.04. The van der Waals surface area contributed by atoms with E-state index >= 15 is 0 Å². The molecule has 0 atom stereocenters. The number of hydrogen-bond acceptors (Lipinski definition) is 4. The van der Waals surface area contributed by atoms with Crippen molar-refractivity contribution in [1.82, 2.24) is 4.98 Å². The molecular weight excluding hydrogens is 316 g/mol. The highest BCUT2D eigenvalue weighted by Gasteiger charge is 2.36. The summed E-state index contributed by atoms with van der Waals surface area (Å²) in [5.41, 5.74) is 2.41. The minimum absolute atomic E-state index is 0.300. The fraction of sp³-hybridized carbons (Fsp3) is 0.0500. The van der Waals surface area contributed by atoms with Gasteiger partial charge in [-0.05, 0) is 54.1 Å². The Morgan fingerprint density at radius 1 is 0.800 bits per heavy atom. The van der Waals surface area contributed by atoms with Crippen LogP contribution in [0.25, 0.3) is 0 Å². The van der Waals surface area contributed by atoms with Crippen LogP contribution in [0, 0.1) is 0 Å². The molecule has 2 heterocycles. The number of nitrogens with zero attached hydrogens (tertiary/aromatic N) is 2. The summed E-state index contributed by atoms with van der Waals surface area (Å²) < 4.78 is 5.71. The topological polar surface area (TPSA) is 59.5 Å². The number of benzene rings is 2. The fourth-order valence-electron chi connectivity index (χ4n) is 2.76. The number of rotatable bonds is 4. The van der Waals surface area contributed by atoms with Crippen LogP contribution >= 0.6 is 0 Å². The molecule has 0 bridgehead atoms. The number of carbonyl (C=O) groups excluding carboxylic acids is 2. The zero-order valence-corrected chi connectivity index (χ0v) is 13.3. The number of carbonyl (C=O) groups is 2. The van der Waals surface area contributed by atoms with Crippen molar-refractivity contribution in [3.8, 4) is 5.75 Å². The summed E-state index contributed by atoms with van der Waals surface area (Å²) in [6.45, 7) is 0.425. The fourth-order valence-corrected chi connectivity index (χ4v) is 2.76. The predicted molar refractivity (Wildman–Crippen MR) is 92.6 cm³/mol. The Balaban J connectivity index is 1.51. The number of hydrogen-bond donors (Lipinski definition) is 0. The van der Waals surface area contributed by atoms with Crippen molar-refractivity contribution in [2.75, 3.05) is 4.90 Å². The Morgan fingerprint density at radius 3 is 2.00 bits per heavy atom. The lowest BCUT2D eigenvalue weighted by Gasteiger charge is -2.14. The molecule has 0 N–H and O–H groups in total. The van der Waals surface area contributed by atoms with E-state index in [4.69, 9.17) is 4.74 Å². The van der Waals surface area contributed by atoms with Crippen molar-refractivity contribution < 1.29 is 14.3 Å². The Kier molecular flexibility index (Phi) is 3.74. The van der Waals surface area contributed by atoms with E-state index in [0.29, 0.717) is 29.2 Å². The molecule has 4 rings (SSSR count). The maximum Gasteiger partial charge on any atom is 0.266 e. The standard InChI is InChI=1S/C20H14N2O3/c23-19-17-3-1-2-4-18(17)20(24)22(19)15-5-7-16(8-6-15)25-13-14-9-11-21-12-10-14/h1-12H,13H2. The zero-order valence-electron chi connectivity index (χ0n) is 13.3. The van der Waals surface area contributed by atoms with Crippen LogP contribution in [0.2, 0.25) is 0 Å². The molecule has 5 nitrogen and oxygen atoms in total. The maximum atomic E-state index is 12.5. The Morgan fingerprint density at radius 2 is 1.40 bits per heavy atom. The van der Waals surface area contributed by atoms with Crippen molar-refractivity contribution in [3.63, 3.8) is 0 Å². The lowest BCUT2D eigenvalue weighted by Crippen LogP contribution is -2.29. The molecular formula is C20H14N2O3. The van der Waals surface area contributed by atoms with Crippen molar-refractivity contribution in [2.24, 2.45) is 0 Å². The van der Waals surface area contributed by atoms with Gasteiger partial charge >= 0.3 is 0 Å². The van der Waals surface area contributed by atoms with E-state index in [9.17, 15) is 9.59 Å². The van der Waals surface area contributed by atoms with Crippen LogP contribution in [-0.2, 0) is 6.61 Å². The number of ether oxygens (including phenoxy) is 1. The first kappa shape index (κ1) is 15.1. The van der Waals surface area contributed by atoms with E-state index in [2.05, 4.69) is 4.98 Å². The molecule has 2 aromatic carbocycles. The molecule has 0 unspecified atom stereocenters. The highest BCUT2D eigenvalue weighted by Crippen LogP contribution is 2.29. The number of imide groups is 1. The number of anilines is 1. The van der Waals surface area contributed by atoms with E-state index in [1.54, 1.807) is 60.9 Å². The van der Waals surface area contributed by atoms with E-state index in [1.807, 2.05) is 12.1 Å². The molecule has 0 fully saturated rings. The summed E-state index contributed by atoms with van der Waals surface area (Å²) in [5, 5.41) is 0. The summed E-state index contributed by atoms with van der Waals surface area (Å²) in [6, 6.07) is 17.5. The largest absolute Gasteiger partial charge is 0.489 e. The predicted octanol–water partition coefficient (Wildman–Crippen LogP) is 3.46. The molecule has 0 radical (unpaired) electrons. The van der Waals surface area contributed by atoms with Crippen LogP contribution in [0.3, 0.4) is 0 Å². The van der Waals surface area contributed by atoms with Gasteiger partial charge in [-0.15, -0.1) is 0 Å². The first-order valence-corrected chi connectivity index (χ1v) is 7.83. The van der Waals surface area contributed by atoms with Gasteiger partial charge in [-0.3, -0.25) is 14.6 Å². The minimum atomic E-state index is -0.300. The highest BCUT2D eigenvalue weighted by atomic mass is 16.5. The van der Waals surface area contributed by atoms with Crippen LogP contribution < -0.4 is 9.64 Å². The van der Waals surface area contributed by atoms with Crippen molar-refractivity contribution in [3.05, 3.63) is 89.7 Å². The number of aromatic nitrogens is 1. The van der Waals surface area contributed by atoms with Gasteiger partial charge in [-0.25, -0.2) is 4.90 Å². The molecule has 2 amide bonds. The van der Waals surface area contributed by atoms with E-state index < -0.39 is 0 Å². The summed E-state index contributed by atoms with van der Waals surface area (Å²) in [7, 11) is 0. The maximum absolute atomic E-state index is 12.5. The van der Waals surface area contributed by atoms with E-state index in [1.165, 1.54) is 4.90 Å². The van der Waals surface area contributed by atoms with Gasteiger partial charge in [0.25, 0.3) is 11.8 Å². The summed E-state index contributed by atoms with van der Waals surface area (Å²) in [5.74, 6) is 0.0641. The average Bonchev–Trinajstić information content (AvgIpc) is 2.93. The third kappa shape index (κ3) is 2.76. The summed E-state index contributed by atoms with van der Waals surface area (Å²) in [6.07, 6.45) is 3.42. The van der Waals surface area contributed by atoms with Crippen LogP contribution in [0.15, 0.2) is 73.1 Å². The smallest absolute Gasteiger partial charge is 0.266 e. The second-order valence-corrected chi connectivity index (χ2v) is 5.63. The SMILES string of the molecule is O=C1c2ccccc2C(=O)N1c1ccc(OCc2ccncc2)cc1. The molecule has 0 saturated carbocycles. The zero-order chi connectivity index (χ0) is 17.2. The van der Waals surface area contributed by atoms with Gasteiger partial charge < -0.3 is 4.74 Å². The Bertz CT molecular complexity index is 902. The second kappa shape index (κ2) is 6.20. The molecule has 0 saturated heterocycles. The minimum Gasteiger partial charge on any atom is -0.489 e. The second-order valence-electron chi connectivity index (χ2n) is 5.63. The van der Waals surface area contributed by atoms with Crippen molar-refractivity contribution in [2.45, 2.75) is 6.61 Å². The van der Waals surface area contributed by atoms with E-state index in [-0.39, 0.29) is 11.8 Å². The lowest BCUT2D eigenvalue weighted by molar-refractivity contribution is 0.0926. The third-order valence-corrected chi connectivity index (χ3v) is 4.04. The van der Waals surface area contributed by atoms with Gasteiger partial charge in [-0.1, -0.05) is 12.1 Å². The number of amides is 2. The molecule has 0 spiro atoms. The molecule has 1 aromatic heterocycles. The Labute approximate surface area is 144 Å². The monoisotopic (exact) mass is 330 g/mol. The van der Waals surface area contributed by atoms with E-state index in [0.717, 1.165) is 5.56 Å². The average molecular weight is 330 g/mol. The summed E-state index contributed by atoms with van der Waals surface area (Å²) >= 11 is 0. The van der Waals surface area contributed by atoms with Crippen molar-refractivity contribution in [1.29, 1.82) is 0 Å². The molecule has 122 valence electrons. The van der Waals surface area contributed by atoms with Crippen LogP contribution in [0.4, 0.5) is 5.69 Å². The van der Waals surface area contributed by atoms with Crippen LogP contribution in [0.1, 0.15) is 26.3 Å². The quantitative estimate of drug-likeness (QED) is 0.687. The first-order valence-electron chi connectivity index (χ1n) is 7.83.